The molecule has 0 radical (unpaired) electrons. The van der Waals surface area contributed by atoms with Gasteiger partial charge in [0.1, 0.15) is 0 Å². The number of hydrogen-bond donors (Lipinski definition) is 1. The molecule has 0 aromatic heterocycles. The molecule has 1 heterocycles. The highest BCUT2D eigenvalue weighted by molar-refractivity contribution is 5.80. The van der Waals surface area contributed by atoms with Crippen molar-refractivity contribution in [1.82, 2.24) is 10.2 Å². The van der Waals surface area contributed by atoms with Gasteiger partial charge in [0.05, 0.1) is 12.7 Å². The fraction of sp³-hybridized carbons (Fsp3) is 0.345. The van der Waals surface area contributed by atoms with Gasteiger partial charge >= 0.3 is 0 Å². The van der Waals surface area contributed by atoms with Crippen LogP contribution in [0.4, 0.5) is 0 Å². The molecule has 1 saturated heterocycles. The van der Waals surface area contributed by atoms with Crippen LogP contribution in [0.25, 0.3) is 0 Å². The zero-order valence-electron chi connectivity index (χ0n) is 20.7. The average Bonchev–Trinajstić information content (AvgIpc) is 3.20. The Hall–Kier alpha value is -2.91. The number of hydrogen-bond acceptors (Lipinski definition) is 2. The van der Waals surface area contributed by atoms with Crippen molar-refractivity contribution in [2.24, 2.45) is 0 Å². The van der Waals surface area contributed by atoms with Gasteiger partial charge in [-0.15, -0.1) is 6.58 Å². The second kappa shape index (κ2) is 18.8. The van der Waals surface area contributed by atoms with Gasteiger partial charge in [-0.2, -0.15) is 0 Å². The molecule has 3 heteroatoms. The van der Waals surface area contributed by atoms with E-state index in [0.717, 1.165) is 12.8 Å². The molecular weight excluding hydrogens is 392 g/mol. The van der Waals surface area contributed by atoms with E-state index < -0.39 is 0 Å². The number of rotatable bonds is 5. The fourth-order valence-electron chi connectivity index (χ4n) is 2.77. The molecule has 1 N–H and O–H groups in total. The van der Waals surface area contributed by atoms with Crippen molar-refractivity contribution in [1.29, 1.82) is 0 Å². The number of amides is 1. The summed E-state index contributed by atoms with van der Waals surface area (Å²) in [5.41, 5.74) is 3.83. The van der Waals surface area contributed by atoms with Crippen LogP contribution in [-0.2, 0) is 17.8 Å². The van der Waals surface area contributed by atoms with Gasteiger partial charge in [0, 0.05) is 6.54 Å². The van der Waals surface area contributed by atoms with Crippen LogP contribution in [0.3, 0.4) is 0 Å². The third-order valence-electron chi connectivity index (χ3n) is 4.80. The van der Waals surface area contributed by atoms with Crippen LogP contribution < -0.4 is 5.32 Å². The summed E-state index contributed by atoms with van der Waals surface area (Å²) < 4.78 is 0. The van der Waals surface area contributed by atoms with E-state index in [4.69, 9.17) is 0 Å². The number of benzene rings is 2. The van der Waals surface area contributed by atoms with Gasteiger partial charge in [0.25, 0.3) is 0 Å². The fourth-order valence-corrected chi connectivity index (χ4v) is 2.77. The molecule has 1 aliphatic heterocycles. The molecule has 0 saturated carbocycles. The number of nitrogens with one attached hydrogen (secondary N) is 1. The van der Waals surface area contributed by atoms with Gasteiger partial charge in [-0.3, -0.25) is 10.1 Å². The smallest absolute Gasteiger partial charge is 0.238 e. The minimum atomic E-state index is 0.200. The van der Waals surface area contributed by atoms with Crippen molar-refractivity contribution in [3.8, 4) is 0 Å². The van der Waals surface area contributed by atoms with E-state index in [1.807, 2.05) is 62.1 Å². The molecule has 2 aromatic carbocycles. The molecule has 1 unspecified atom stereocenters. The van der Waals surface area contributed by atoms with E-state index in [9.17, 15) is 4.79 Å². The van der Waals surface area contributed by atoms with Gasteiger partial charge in [-0.1, -0.05) is 105 Å². The summed E-state index contributed by atoms with van der Waals surface area (Å²) in [6, 6.07) is 20.6. The second-order valence-electron chi connectivity index (χ2n) is 7.30. The molecule has 0 bridgehead atoms. The van der Waals surface area contributed by atoms with Crippen LogP contribution in [0.2, 0.25) is 0 Å². The van der Waals surface area contributed by atoms with E-state index >= 15 is 0 Å². The first-order chi connectivity index (χ1) is 15.5. The third-order valence-corrected chi connectivity index (χ3v) is 4.80. The monoisotopic (exact) mass is 434 g/mol. The van der Waals surface area contributed by atoms with Gasteiger partial charge in [0.15, 0.2) is 0 Å². The van der Waals surface area contributed by atoms with Gasteiger partial charge in [-0.25, -0.2) is 0 Å². The molecule has 1 amide bonds. The zero-order valence-corrected chi connectivity index (χ0v) is 20.7. The van der Waals surface area contributed by atoms with Crippen molar-refractivity contribution in [3.63, 3.8) is 0 Å². The Bertz CT molecular complexity index is 781. The van der Waals surface area contributed by atoms with Crippen LogP contribution in [0.1, 0.15) is 52.2 Å². The predicted molar refractivity (Wildman–Crippen MR) is 140 cm³/mol. The minimum Gasteiger partial charge on any atom is -0.322 e. The van der Waals surface area contributed by atoms with E-state index in [0.29, 0.717) is 13.1 Å². The molecule has 32 heavy (non-hydrogen) atoms. The summed E-state index contributed by atoms with van der Waals surface area (Å²) in [7, 11) is 0. The van der Waals surface area contributed by atoms with Crippen LogP contribution in [-0.4, -0.2) is 23.5 Å². The van der Waals surface area contributed by atoms with Crippen LogP contribution >= 0.6 is 0 Å². The largest absolute Gasteiger partial charge is 0.322 e. The van der Waals surface area contributed by atoms with Crippen LogP contribution in [0.5, 0.6) is 0 Å². The normalized spacial score (nSPS) is 14.7. The maximum absolute atomic E-state index is 11.6. The first kappa shape index (κ1) is 29.1. The molecule has 1 fully saturated rings. The number of allylic oxidation sites excluding steroid dienone is 4. The zero-order chi connectivity index (χ0) is 24.2. The summed E-state index contributed by atoms with van der Waals surface area (Å²) in [6.07, 6.45) is 7.91. The number of carbonyl (C=O) groups excluding carboxylic acids is 1. The van der Waals surface area contributed by atoms with E-state index in [1.165, 1.54) is 16.7 Å². The minimum absolute atomic E-state index is 0.200. The molecule has 1 aliphatic rings. The topological polar surface area (TPSA) is 32.3 Å². The Morgan fingerprint density at radius 1 is 1.00 bits per heavy atom. The summed E-state index contributed by atoms with van der Waals surface area (Å²) in [5.74, 6) is 0.200. The lowest BCUT2D eigenvalue weighted by molar-refractivity contribution is -0.128. The molecule has 174 valence electrons. The Balaban J connectivity index is 0.000000476. The Labute approximate surface area is 196 Å². The number of carbonyl (C=O) groups is 1. The summed E-state index contributed by atoms with van der Waals surface area (Å²) in [5, 5.41) is 3.20. The molecule has 0 aliphatic carbocycles. The maximum Gasteiger partial charge on any atom is 0.238 e. The molecule has 1 atom stereocenters. The van der Waals surface area contributed by atoms with Crippen molar-refractivity contribution in [3.05, 3.63) is 109 Å². The second-order valence-corrected chi connectivity index (χ2v) is 7.30. The maximum atomic E-state index is 11.6. The number of aryl methyl sites for hydroxylation is 1. The summed E-state index contributed by atoms with van der Waals surface area (Å²) >= 11 is 0. The molecule has 2 aromatic rings. The first-order valence-corrected chi connectivity index (χ1v) is 11.4. The average molecular weight is 435 g/mol. The van der Waals surface area contributed by atoms with Gasteiger partial charge < -0.3 is 4.90 Å². The molecular formula is C29H42N2O. The van der Waals surface area contributed by atoms with E-state index in [1.54, 1.807) is 6.08 Å². The SMILES string of the molecule is C=C/C(C)=C\C.C=CC.CCC1NCC(=O)N1Cc1ccccc1.CCc1ccccc1. The highest BCUT2D eigenvalue weighted by atomic mass is 16.2. The summed E-state index contributed by atoms with van der Waals surface area (Å²) in [4.78, 5) is 13.5. The van der Waals surface area contributed by atoms with Crippen molar-refractivity contribution in [2.75, 3.05) is 6.54 Å². The van der Waals surface area contributed by atoms with Crippen molar-refractivity contribution >= 4 is 5.91 Å². The lowest BCUT2D eigenvalue weighted by atomic mass is 10.2. The van der Waals surface area contributed by atoms with Crippen molar-refractivity contribution < 1.29 is 4.79 Å². The third kappa shape index (κ3) is 12.7. The molecule has 3 rings (SSSR count). The van der Waals surface area contributed by atoms with E-state index in [2.05, 4.69) is 68.7 Å². The van der Waals surface area contributed by atoms with E-state index in [-0.39, 0.29) is 12.1 Å². The highest BCUT2D eigenvalue weighted by Crippen LogP contribution is 2.13. The Morgan fingerprint density at radius 2 is 1.50 bits per heavy atom. The molecule has 3 nitrogen and oxygen atoms in total. The lowest BCUT2D eigenvalue weighted by Crippen LogP contribution is -2.36. The first-order valence-electron chi connectivity index (χ1n) is 11.4. The van der Waals surface area contributed by atoms with Crippen molar-refractivity contribution in [2.45, 2.75) is 60.2 Å². The predicted octanol–water partition coefficient (Wildman–Crippen LogP) is 6.93. The molecule has 0 spiro atoms. The van der Waals surface area contributed by atoms with Gasteiger partial charge in [0.2, 0.25) is 5.91 Å². The van der Waals surface area contributed by atoms with Crippen LogP contribution in [0, 0.1) is 0 Å². The quantitative estimate of drug-likeness (QED) is 0.408. The lowest BCUT2D eigenvalue weighted by Gasteiger charge is -2.23. The van der Waals surface area contributed by atoms with Crippen LogP contribution in [0.15, 0.2) is 97.6 Å². The summed E-state index contributed by atoms with van der Waals surface area (Å²) in [6.45, 7) is 18.3. The number of nitrogens with zero attached hydrogens (tertiary/aromatic N) is 1. The standard InChI is InChI=1S/C12H16N2O.C8H10.C6H10.C3H6/c1-2-11-13-8-12(15)14(11)9-10-6-4-3-5-7-10;1-2-8-6-4-3-5-7-8;1-4-6(3)5-2;1-3-2/h3-7,11,13H,2,8-9H2,1H3;3-7H,2H2,1H3;4-5H,1H2,2-3H3;3H,1H2,2H3/b;;6-5-;. The Kier molecular flexibility index (Phi) is 17.1. The van der Waals surface area contributed by atoms with Gasteiger partial charge in [-0.05, 0) is 44.7 Å². The highest BCUT2D eigenvalue weighted by Gasteiger charge is 2.28. The Morgan fingerprint density at radius 3 is 1.84 bits per heavy atom.